The van der Waals surface area contributed by atoms with Crippen molar-refractivity contribution in [2.45, 2.75) is 36.6 Å². The van der Waals surface area contributed by atoms with Crippen LogP contribution in [0.15, 0.2) is 58.5 Å². The van der Waals surface area contributed by atoms with E-state index in [-0.39, 0.29) is 17.9 Å². The van der Waals surface area contributed by atoms with Crippen molar-refractivity contribution in [2.24, 2.45) is 7.05 Å². The Balaban J connectivity index is 1.70. The molecule has 166 valence electrons. The van der Waals surface area contributed by atoms with Crippen molar-refractivity contribution in [3.05, 3.63) is 80.6 Å². The van der Waals surface area contributed by atoms with Gasteiger partial charge < -0.3 is 14.6 Å². The first-order valence-electron chi connectivity index (χ1n) is 10.5. The van der Waals surface area contributed by atoms with Crippen LogP contribution in [0.4, 0.5) is 5.82 Å². The summed E-state index contributed by atoms with van der Waals surface area (Å²) in [6.07, 6.45) is 1.04. The SMILES string of the molecule is CCCOc1ccccc1[C@@H]1CC(=O)Nc2c1c(=O)nc(SCc1ccc(Cl)cc1)n2C. The zero-order valence-corrected chi connectivity index (χ0v) is 19.5. The number of carbonyl (C=O) groups is 1. The van der Waals surface area contributed by atoms with Gasteiger partial charge in [-0.2, -0.15) is 4.98 Å². The second kappa shape index (κ2) is 9.79. The van der Waals surface area contributed by atoms with Gasteiger partial charge in [0.15, 0.2) is 5.16 Å². The minimum atomic E-state index is -0.409. The molecule has 1 N–H and O–H groups in total. The van der Waals surface area contributed by atoms with Crippen LogP contribution in [0.1, 0.15) is 42.4 Å². The second-order valence-corrected chi connectivity index (χ2v) is 9.01. The largest absolute Gasteiger partial charge is 0.493 e. The van der Waals surface area contributed by atoms with Crippen LogP contribution in [0.2, 0.25) is 5.02 Å². The van der Waals surface area contributed by atoms with Gasteiger partial charge in [0.25, 0.3) is 5.56 Å². The number of aromatic nitrogens is 2. The normalized spacial score (nSPS) is 15.2. The van der Waals surface area contributed by atoms with Gasteiger partial charge in [-0.25, -0.2) is 0 Å². The number of thioether (sulfide) groups is 1. The number of rotatable bonds is 7. The van der Waals surface area contributed by atoms with Gasteiger partial charge in [-0.1, -0.05) is 60.6 Å². The number of hydrogen-bond donors (Lipinski definition) is 1. The van der Waals surface area contributed by atoms with Gasteiger partial charge in [0.2, 0.25) is 5.91 Å². The number of benzene rings is 2. The summed E-state index contributed by atoms with van der Waals surface area (Å²) in [7, 11) is 1.82. The molecule has 1 amide bonds. The van der Waals surface area contributed by atoms with Crippen molar-refractivity contribution in [1.29, 1.82) is 0 Å². The summed E-state index contributed by atoms with van der Waals surface area (Å²) in [5.41, 5.74) is 2.07. The summed E-state index contributed by atoms with van der Waals surface area (Å²) in [6.45, 7) is 2.61. The van der Waals surface area contributed by atoms with Crippen LogP contribution in [0.3, 0.4) is 0 Å². The molecule has 4 rings (SSSR count). The van der Waals surface area contributed by atoms with E-state index in [1.165, 1.54) is 11.8 Å². The molecule has 6 nitrogen and oxygen atoms in total. The molecule has 1 atom stereocenters. The van der Waals surface area contributed by atoms with Crippen LogP contribution in [0.25, 0.3) is 0 Å². The number of ether oxygens (including phenoxy) is 1. The van der Waals surface area contributed by atoms with E-state index in [0.717, 1.165) is 17.5 Å². The molecule has 1 aliphatic heterocycles. The Morgan fingerprint density at radius 1 is 1.19 bits per heavy atom. The number of anilines is 1. The van der Waals surface area contributed by atoms with Crippen molar-refractivity contribution in [2.75, 3.05) is 11.9 Å². The van der Waals surface area contributed by atoms with Crippen molar-refractivity contribution in [1.82, 2.24) is 9.55 Å². The fourth-order valence-electron chi connectivity index (χ4n) is 3.77. The van der Waals surface area contributed by atoms with Crippen molar-refractivity contribution in [3.63, 3.8) is 0 Å². The number of hydrogen-bond acceptors (Lipinski definition) is 5. The Kier molecular flexibility index (Phi) is 6.86. The van der Waals surface area contributed by atoms with E-state index in [0.29, 0.717) is 39.7 Å². The van der Waals surface area contributed by atoms with Crippen LogP contribution < -0.4 is 15.6 Å². The van der Waals surface area contributed by atoms with Gasteiger partial charge in [0, 0.05) is 35.7 Å². The van der Waals surface area contributed by atoms with E-state index in [4.69, 9.17) is 16.3 Å². The Bertz CT molecular complexity index is 1190. The predicted octanol–water partition coefficient (Wildman–Crippen LogP) is 4.99. The number of halogens is 1. The molecule has 0 unspecified atom stereocenters. The molecule has 3 aromatic rings. The predicted molar refractivity (Wildman–Crippen MR) is 128 cm³/mol. The van der Waals surface area contributed by atoms with Gasteiger partial charge in [-0.3, -0.25) is 9.59 Å². The lowest BCUT2D eigenvalue weighted by molar-refractivity contribution is -0.116. The number of amides is 1. The molecule has 0 radical (unpaired) electrons. The highest BCUT2D eigenvalue weighted by atomic mass is 35.5. The van der Waals surface area contributed by atoms with E-state index in [1.807, 2.05) is 62.5 Å². The maximum Gasteiger partial charge on any atom is 0.279 e. The average molecular weight is 470 g/mol. The monoisotopic (exact) mass is 469 g/mol. The van der Waals surface area contributed by atoms with Crippen LogP contribution in [0.5, 0.6) is 5.75 Å². The first kappa shape index (κ1) is 22.4. The molecule has 0 saturated heterocycles. The minimum Gasteiger partial charge on any atom is -0.493 e. The van der Waals surface area contributed by atoms with Crippen molar-refractivity contribution < 1.29 is 9.53 Å². The van der Waals surface area contributed by atoms with E-state index >= 15 is 0 Å². The number of para-hydroxylation sites is 1. The molecule has 0 bridgehead atoms. The molecule has 0 spiro atoms. The molecule has 32 heavy (non-hydrogen) atoms. The molecule has 1 aliphatic rings. The Hall–Kier alpha value is -2.77. The Morgan fingerprint density at radius 2 is 1.94 bits per heavy atom. The third-order valence-electron chi connectivity index (χ3n) is 5.34. The van der Waals surface area contributed by atoms with E-state index in [2.05, 4.69) is 10.3 Å². The maximum absolute atomic E-state index is 13.2. The van der Waals surface area contributed by atoms with Gasteiger partial charge in [-0.15, -0.1) is 0 Å². The molecular weight excluding hydrogens is 446 g/mol. The molecule has 8 heteroatoms. The van der Waals surface area contributed by atoms with E-state index in [9.17, 15) is 9.59 Å². The third-order valence-corrected chi connectivity index (χ3v) is 6.69. The molecule has 2 heterocycles. The zero-order chi connectivity index (χ0) is 22.7. The smallest absolute Gasteiger partial charge is 0.279 e. The molecular formula is C24H24ClN3O3S. The number of fused-ring (bicyclic) bond motifs is 1. The lowest BCUT2D eigenvalue weighted by Gasteiger charge is -2.28. The highest BCUT2D eigenvalue weighted by Crippen LogP contribution is 2.39. The highest BCUT2D eigenvalue weighted by molar-refractivity contribution is 7.98. The van der Waals surface area contributed by atoms with Gasteiger partial charge >= 0.3 is 0 Å². The van der Waals surface area contributed by atoms with E-state index in [1.54, 1.807) is 4.57 Å². The topological polar surface area (TPSA) is 73.2 Å². The molecule has 0 fully saturated rings. The van der Waals surface area contributed by atoms with Gasteiger partial charge in [0.1, 0.15) is 11.6 Å². The summed E-state index contributed by atoms with van der Waals surface area (Å²) >= 11 is 7.40. The molecule has 0 saturated carbocycles. The second-order valence-electron chi connectivity index (χ2n) is 7.63. The molecule has 1 aromatic heterocycles. The van der Waals surface area contributed by atoms with Gasteiger partial charge in [-0.05, 0) is 30.2 Å². The highest BCUT2D eigenvalue weighted by Gasteiger charge is 2.33. The summed E-state index contributed by atoms with van der Waals surface area (Å²) in [5.74, 6) is 1.27. The quantitative estimate of drug-likeness (QED) is 0.390. The summed E-state index contributed by atoms with van der Waals surface area (Å²) in [4.78, 5) is 30.1. The minimum absolute atomic E-state index is 0.136. The van der Waals surface area contributed by atoms with E-state index < -0.39 is 5.92 Å². The average Bonchev–Trinajstić information content (AvgIpc) is 2.79. The third kappa shape index (κ3) is 4.69. The summed E-state index contributed by atoms with van der Waals surface area (Å²) in [5, 5.41) is 4.11. The van der Waals surface area contributed by atoms with Crippen LogP contribution in [0, 0.1) is 0 Å². The lowest BCUT2D eigenvalue weighted by Crippen LogP contribution is -2.33. The van der Waals surface area contributed by atoms with Crippen LogP contribution in [-0.2, 0) is 17.6 Å². The number of nitrogens with zero attached hydrogens (tertiary/aromatic N) is 2. The van der Waals surface area contributed by atoms with Crippen molar-refractivity contribution in [3.8, 4) is 5.75 Å². The maximum atomic E-state index is 13.2. The Morgan fingerprint density at radius 3 is 2.69 bits per heavy atom. The lowest BCUT2D eigenvalue weighted by atomic mass is 9.86. The van der Waals surface area contributed by atoms with Crippen LogP contribution >= 0.6 is 23.4 Å². The van der Waals surface area contributed by atoms with Crippen molar-refractivity contribution >= 4 is 35.1 Å². The summed E-state index contributed by atoms with van der Waals surface area (Å²) in [6, 6.07) is 15.1. The first-order valence-corrected chi connectivity index (χ1v) is 11.8. The first-order chi connectivity index (χ1) is 15.5. The van der Waals surface area contributed by atoms with Gasteiger partial charge in [0.05, 0.1) is 12.2 Å². The van der Waals surface area contributed by atoms with Crippen LogP contribution in [-0.4, -0.2) is 22.1 Å². The fourth-order valence-corrected chi connectivity index (χ4v) is 4.82. The number of nitrogens with one attached hydrogen (secondary N) is 1. The standard InChI is InChI=1S/C24H24ClN3O3S/c1-3-12-31-19-7-5-4-6-17(19)18-13-20(29)26-22-21(18)23(30)27-24(28(22)2)32-14-15-8-10-16(25)11-9-15/h4-11,18H,3,12-14H2,1-2H3,(H,26,29)/t18-/m0/s1. The zero-order valence-electron chi connectivity index (χ0n) is 17.9. The fraction of sp³-hybridized carbons (Fsp3) is 0.292. The molecule has 0 aliphatic carbocycles. The summed E-state index contributed by atoms with van der Waals surface area (Å²) < 4.78 is 7.69. The number of carbonyl (C=O) groups excluding carboxylic acids is 1. The molecule has 2 aromatic carbocycles. The Labute approximate surface area is 196 Å².